The van der Waals surface area contributed by atoms with Crippen molar-refractivity contribution >= 4 is 52.6 Å². The van der Waals surface area contributed by atoms with Crippen LogP contribution in [0, 0.1) is 0 Å². The van der Waals surface area contributed by atoms with Gasteiger partial charge in [0, 0.05) is 57.9 Å². The van der Waals surface area contributed by atoms with Gasteiger partial charge in [0.1, 0.15) is 41.5 Å². The van der Waals surface area contributed by atoms with E-state index in [1.807, 2.05) is 65.8 Å². The van der Waals surface area contributed by atoms with Crippen molar-refractivity contribution in [3.63, 3.8) is 0 Å². The van der Waals surface area contributed by atoms with Crippen LogP contribution in [0.3, 0.4) is 0 Å². The monoisotopic (exact) mass is 921 g/mol. The second-order valence-electron chi connectivity index (χ2n) is 18.8. The van der Waals surface area contributed by atoms with Crippen LogP contribution in [0.25, 0.3) is 11.5 Å². The van der Waals surface area contributed by atoms with Crippen molar-refractivity contribution in [1.82, 2.24) is 16.0 Å². The average molecular weight is 922 g/mol. The third-order valence-corrected chi connectivity index (χ3v) is 11.7. The fraction of sp³-hybridized carbons (Fsp3) is 0.531. The Labute approximate surface area is 407 Å². The van der Waals surface area contributed by atoms with Gasteiger partial charge in [-0.15, -0.1) is 0 Å². The molecule has 3 heterocycles. The Kier molecular flexibility index (Phi) is 17.0. The molecular formula is C49H60N3NaO13. The second-order valence-corrected chi connectivity index (χ2v) is 18.8. The molecule has 3 N–H and O–H groups in total. The molecule has 3 aliphatic heterocycles. The summed E-state index contributed by atoms with van der Waals surface area (Å²) >= 11 is 0. The standard InChI is InChI=1S/C34H47N3O10.C15H14O3.Na/c1-19(2)35-25(32(43)37-26(11-13-27(38)39)31(42)36-20(3)4)12-14-28(40)44-17-21-18-45-34(46-21)24-10-8-7-9-22(24)29-23(30(34)41)15-16-33(5,6)47-29;1-15(2)8-7-11-13(17)12(16)9-5-3-4-6-10(9)14(11)18-15;/h7-10,19-21,25-26,35H,11-18H2,1-6H3,(H,36,42)(H,37,43)(H,38,39);3-6H,7-8H2,1-2H3;/q;;+1/p-1. The van der Waals surface area contributed by atoms with Crippen molar-refractivity contribution in [2.45, 2.75) is 154 Å². The van der Waals surface area contributed by atoms with E-state index in [0.717, 1.165) is 17.5 Å². The molecule has 2 amide bonds. The normalized spacial score (nSPS) is 22.0. The number of aliphatic carboxylic acids is 1. The second kappa shape index (κ2) is 21.5. The van der Waals surface area contributed by atoms with Crippen molar-refractivity contribution in [1.29, 1.82) is 0 Å². The van der Waals surface area contributed by atoms with E-state index in [4.69, 9.17) is 23.7 Å². The van der Waals surface area contributed by atoms with Gasteiger partial charge in [-0.2, -0.15) is 0 Å². The van der Waals surface area contributed by atoms with E-state index in [1.165, 1.54) is 0 Å². The number of hydrogen-bond acceptors (Lipinski definition) is 14. The molecule has 1 fully saturated rings. The Bertz CT molecular complexity index is 2300. The van der Waals surface area contributed by atoms with Crippen molar-refractivity contribution in [3.8, 4) is 0 Å². The number of hydrogen-bond donors (Lipinski definition) is 3. The first-order valence-corrected chi connectivity index (χ1v) is 22.3. The van der Waals surface area contributed by atoms with Crippen molar-refractivity contribution in [3.05, 3.63) is 81.9 Å². The molecule has 17 heteroatoms. The van der Waals surface area contributed by atoms with Crippen LogP contribution in [0.4, 0.5) is 0 Å². The minimum atomic E-state index is -1.66. The molecule has 2 aromatic rings. The van der Waals surface area contributed by atoms with Crippen LogP contribution < -0.4 is 50.6 Å². The predicted molar refractivity (Wildman–Crippen MR) is 234 cm³/mol. The molecule has 0 aromatic heterocycles. The van der Waals surface area contributed by atoms with Crippen LogP contribution >= 0.6 is 0 Å². The van der Waals surface area contributed by atoms with Crippen LogP contribution in [-0.4, -0.2) is 95.8 Å². The van der Waals surface area contributed by atoms with Gasteiger partial charge in [0.15, 0.2) is 0 Å². The summed E-state index contributed by atoms with van der Waals surface area (Å²) in [5.41, 5.74) is 2.85. The average Bonchev–Trinajstić information content (AvgIpc) is 3.68. The predicted octanol–water partition coefficient (Wildman–Crippen LogP) is 1.12. The number of carbonyl (C=O) groups is 7. The summed E-state index contributed by atoms with van der Waals surface area (Å²) < 4.78 is 30.0. The topological polar surface area (TPSA) is 225 Å². The van der Waals surface area contributed by atoms with Gasteiger partial charge < -0.3 is 49.5 Å². The fourth-order valence-electron chi connectivity index (χ4n) is 8.41. The van der Waals surface area contributed by atoms with Crippen LogP contribution in [0.1, 0.15) is 134 Å². The van der Waals surface area contributed by atoms with Crippen molar-refractivity contribution < 1.29 is 91.9 Å². The summed E-state index contributed by atoms with van der Waals surface area (Å²) in [6, 6.07) is 12.2. The number of ketones is 3. The van der Waals surface area contributed by atoms with E-state index in [0.29, 0.717) is 53.1 Å². The summed E-state index contributed by atoms with van der Waals surface area (Å²) in [6.45, 7) is 15.0. The Morgan fingerprint density at radius 1 is 0.727 bits per heavy atom. The van der Waals surface area contributed by atoms with Crippen molar-refractivity contribution in [2.75, 3.05) is 13.2 Å². The minimum absolute atomic E-state index is 0. The summed E-state index contributed by atoms with van der Waals surface area (Å²) in [5.74, 6) is -4.63. The zero-order valence-corrected chi connectivity index (χ0v) is 41.4. The molecule has 350 valence electrons. The van der Waals surface area contributed by atoms with Gasteiger partial charge in [-0.1, -0.05) is 62.4 Å². The molecule has 1 saturated heterocycles. The number of carboxylic acid groups (broad SMARTS) is 1. The summed E-state index contributed by atoms with van der Waals surface area (Å²) in [5, 5.41) is 19.4. The molecule has 4 unspecified atom stereocenters. The Hall–Kier alpha value is -4.71. The van der Waals surface area contributed by atoms with E-state index >= 15 is 0 Å². The number of nitrogens with one attached hydrogen (secondary N) is 3. The molecule has 5 aliphatic rings. The number of Topliss-reactive ketones (excluding diaryl/α,β-unsaturated/α-hetero) is 3. The smallest absolute Gasteiger partial charge is 0.550 e. The number of ether oxygens (including phenoxy) is 5. The molecule has 66 heavy (non-hydrogen) atoms. The molecule has 1 spiro atoms. The number of amides is 2. The van der Waals surface area contributed by atoms with Gasteiger partial charge in [0.25, 0.3) is 5.79 Å². The van der Waals surface area contributed by atoms with Gasteiger partial charge in [-0.25, -0.2) is 0 Å². The molecule has 2 aliphatic carbocycles. The SMILES string of the molecule is CC(C)NC(=O)C(CCC(=O)[O-])NC(=O)C(CCC(=O)OCC1COC2(O1)C(=O)C1=C(OC(C)(C)CC1)c1ccccc12)NC(C)C.CC1(C)CCC2=C(O1)c1ccccc1C(=O)C2=O.[Na+]. The molecule has 0 saturated carbocycles. The molecule has 0 bridgehead atoms. The Morgan fingerprint density at radius 3 is 1.91 bits per heavy atom. The number of allylic oxidation sites excluding steroid dienone is 1. The summed E-state index contributed by atoms with van der Waals surface area (Å²) in [4.78, 5) is 87.5. The van der Waals surface area contributed by atoms with Crippen molar-refractivity contribution in [2.24, 2.45) is 0 Å². The zero-order chi connectivity index (χ0) is 47.4. The zero-order valence-electron chi connectivity index (χ0n) is 39.4. The van der Waals surface area contributed by atoms with E-state index in [1.54, 1.807) is 38.1 Å². The van der Waals surface area contributed by atoms with Gasteiger partial charge in [0.2, 0.25) is 29.2 Å². The number of esters is 1. The van der Waals surface area contributed by atoms with Gasteiger partial charge in [-0.3, -0.25) is 28.8 Å². The fourth-order valence-corrected chi connectivity index (χ4v) is 8.41. The first-order chi connectivity index (χ1) is 30.6. The number of rotatable bonds is 14. The molecule has 0 radical (unpaired) electrons. The maximum absolute atomic E-state index is 13.8. The Balaban J connectivity index is 0.000000356. The van der Waals surface area contributed by atoms with Crippen LogP contribution in [-0.2, 0) is 58.2 Å². The van der Waals surface area contributed by atoms with Crippen LogP contribution in [0.5, 0.6) is 0 Å². The minimum Gasteiger partial charge on any atom is -0.550 e. The molecule has 16 nitrogen and oxygen atoms in total. The number of carbonyl (C=O) groups excluding carboxylic acids is 7. The van der Waals surface area contributed by atoms with Crippen LogP contribution in [0.2, 0.25) is 0 Å². The molecule has 7 rings (SSSR count). The number of carboxylic acids is 1. The summed E-state index contributed by atoms with van der Waals surface area (Å²) in [7, 11) is 0. The van der Waals surface area contributed by atoms with Crippen LogP contribution in [0.15, 0.2) is 59.7 Å². The summed E-state index contributed by atoms with van der Waals surface area (Å²) in [6.07, 6.45) is 1.18. The quantitative estimate of drug-likeness (QED) is 0.137. The maximum Gasteiger partial charge on any atom is 1.00 e. The van der Waals surface area contributed by atoms with Gasteiger partial charge >= 0.3 is 35.5 Å². The van der Waals surface area contributed by atoms with E-state index in [2.05, 4.69) is 16.0 Å². The first kappa shape index (κ1) is 52.3. The largest absolute Gasteiger partial charge is 1.00 e. The van der Waals surface area contributed by atoms with E-state index < -0.39 is 71.3 Å². The maximum atomic E-state index is 13.8. The molecular weight excluding hydrogens is 862 g/mol. The first-order valence-electron chi connectivity index (χ1n) is 22.3. The van der Waals surface area contributed by atoms with Gasteiger partial charge in [-0.05, 0) is 86.5 Å². The Morgan fingerprint density at radius 2 is 1.29 bits per heavy atom. The third kappa shape index (κ3) is 12.1. The van der Waals surface area contributed by atoms with Gasteiger partial charge in [0.05, 0.1) is 12.6 Å². The molecule has 4 atom stereocenters. The third-order valence-electron chi connectivity index (χ3n) is 11.7. The molecule has 2 aromatic carbocycles. The number of fused-ring (bicyclic) bond motifs is 5. The van der Waals surface area contributed by atoms with E-state index in [-0.39, 0.29) is 85.5 Å². The number of benzene rings is 2. The van der Waals surface area contributed by atoms with E-state index in [9.17, 15) is 38.7 Å².